The van der Waals surface area contributed by atoms with Gasteiger partial charge in [-0.2, -0.15) is 5.10 Å². The molecule has 3 aromatic heterocycles. The van der Waals surface area contributed by atoms with Gasteiger partial charge in [0.15, 0.2) is 10.8 Å². The first-order chi connectivity index (χ1) is 11.7. The van der Waals surface area contributed by atoms with Gasteiger partial charge in [0.05, 0.1) is 10.6 Å². The van der Waals surface area contributed by atoms with Crippen LogP contribution in [-0.2, 0) is 0 Å². The maximum absolute atomic E-state index is 12.7. The summed E-state index contributed by atoms with van der Waals surface area (Å²) in [5, 5.41) is 10.2. The van der Waals surface area contributed by atoms with Crippen molar-refractivity contribution in [1.82, 2.24) is 20.1 Å². The van der Waals surface area contributed by atoms with E-state index < -0.39 is 0 Å². The molecule has 0 atom stereocenters. The van der Waals surface area contributed by atoms with Gasteiger partial charge in [-0.1, -0.05) is 0 Å². The molecule has 4 rings (SSSR count). The van der Waals surface area contributed by atoms with Crippen molar-refractivity contribution in [2.75, 3.05) is 31.1 Å². The van der Waals surface area contributed by atoms with Gasteiger partial charge in [-0.25, -0.2) is 4.98 Å². The Hall–Kier alpha value is -2.19. The number of nitrogens with one attached hydrogen (secondary N) is 1. The molecule has 0 aromatic carbocycles. The largest absolute Gasteiger partial charge is 0.345 e. The van der Waals surface area contributed by atoms with Crippen LogP contribution in [0.2, 0.25) is 0 Å². The van der Waals surface area contributed by atoms with Crippen molar-refractivity contribution in [3.63, 3.8) is 0 Å². The monoisotopic (exact) mass is 359 g/mol. The standard InChI is InChI=1S/C16H17N5OS2/c1-11-2-3-14(24-11)12-10-13(19-18-12)15(22)20-5-7-21(8-6-20)16-17-4-9-23-16/h2-4,9-10H,5-8H2,1H3,(H,18,19). The second kappa shape index (κ2) is 6.37. The van der Waals surface area contributed by atoms with Gasteiger partial charge in [0, 0.05) is 42.6 Å². The third-order valence-electron chi connectivity index (χ3n) is 4.06. The predicted molar refractivity (Wildman–Crippen MR) is 96.9 cm³/mol. The number of piperazine rings is 1. The van der Waals surface area contributed by atoms with Crippen LogP contribution in [0.15, 0.2) is 29.8 Å². The average molecular weight is 359 g/mol. The Morgan fingerprint density at radius 3 is 2.75 bits per heavy atom. The van der Waals surface area contributed by atoms with Crippen molar-refractivity contribution < 1.29 is 4.79 Å². The van der Waals surface area contributed by atoms with Gasteiger partial charge in [-0.15, -0.1) is 22.7 Å². The highest BCUT2D eigenvalue weighted by Gasteiger charge is 2.25. The SMILES string of the molecule is Cc1ccc(-c2cc(C(=O)N3CCN(c4nccs4)CC3)n[nH]2)s1. The van der Waals surface area contributed by atoms with Gasteiger partial charge in [0.1, 0.15) is 0 Å². The van der Waals surface area contributed by atoms with Crippen LogP contribution < -0.4 is 4.90 Å². The van der Waals surface area contributed by atoms with Crippen LogP contribution in [-0.4, -0.2) is 52.2 Å². The highest BCUT2D eigenvalue weighted by atomic mass is 32.1. The number of thiazole rings is 1. The normalized spacial score (nSPS) is 15.0. The molecular formula is C16H17N5OS2. The minimum Gasteiger partial charge on any atom is -0.345 e. The zero-order valence-corrected chi connectivity index (χ0v) is 14.9. The first-order valence-corrected chi connectivity index (χ1v) is 9.46. The van der Waals surface area contributed by atoms with Crippen molar-refractivity contribution in [3.8, 4) is 10.6 Å². The Kier molecular flexibility index (Phi) is 4.07. The lowest BCUT2D eigenvalue weighted by molar-refractivity contribution is 0.0741. The number of carbonyl (C=O) groups is 1. The summed E-state index contributed by atoms with van der Waals surface area (Å²) in [5.41, 5.74) is 1.39. The number of anilines is 1. The van der Waals surface area contributed by atoms with Gasteiger partial charge in [-0.05, 0) is 25.1 Å². The maximum atomic E-state index is 12.7. The number of carbonyl (C=O) groups excluding carboxylic acids is 1. The van der Waals surface area contributed by atoms with E-state index in [9.17, 15) is 4.79 Å². The molecule has 1 fully saturated rings. The number of H-pyrrole nitrogens is 1. The third-order valence-corrected chi connectivity index (χ3v) is 5.93. The fourth-order valence-corrected chi connectivity index (χ4v) is 4.30. The van der Waals surface area contributed by atoms with E-state index in [0.717, 1.165) is 28.8 Å². The Morgan fingerprint density at radius 2 is 2.08 bits per heavy atom. The molecule has 1 aliphatic heterocycles. The summed E-state index contributed by atoms with van der Waals surface area (Å²) >= 11 is 3.33. The number of rotatable bonds is 3. The molecule has 4 heterocycles. The van der Waals surface area contributed by atoms with Crippen molar-refractivity contribution in [3.05, 3.63) is 40.3 Å². The predicted octanol–water partition coefficient (Wildman–Crippen LogP) is 2.87. The van der Waals surface area contributed by atoms with E-state index in [1.54, 1.807) is 22.7 Å². The van der Waals surface area contributed by atoms with E-state index in [2.05, 4.69) is 39.1 Å². The topological polar surface area (TPSA) is 65.1 Å². The second-order valence-corrected chi connectivity index (χ2v) is 7.83. The van der Waals surface area contributed by atoms with E-state index in [1.165, 1.54) is 4.88 Å². The number of amides is 1. The lowest BCUT2D eigenvalue weighted by Crippen LogP contribution is -2.48. The number of thiophene rings is 1. The molecule has 0 saturated carbocycles. The molecule has 0 unspecified atom stereocenters. The number of hydrogen-bond acceptors (Lipinski definition) is 6. The molecule has 1 aliphatic rings. The fraction of sp³-hybridized carbons (Fsp3) is 0.312. The van der Waals surface area contributed by atoms with Crippen LogP contribution >= 0.6 is 22.7 Å². The minimum absolute atomic E-state index is 0.00966. The number of hydrogen-bond donors (Lipinski definition) is 1. The van der Waals surface area contributed by atoms with E-state index in [1.807, 2.05) is 22.5 Å². The van der Waals surface area contributed by atoms with Gasteiger partial charge in [0.25, 0.3) is 5.91 Å². The molecule has 0 aliphatic carbocycles. The number of nitrogens with zero attached hydrogens (tertiary/aromatic N) is 4. The molecule has 1 N–H and O–H groups in total. The quantitative estimate of drug-likeness (QED) is 0.781. The van der Waals surface area contributed by atoms with Crippen LogP contribution in [0.3, 0.4) is 0 Å². The van der Waals surface area contributed by atoms with Crippen molar-refractivity contribution in [2.24, 2.45) is 0 Å². The van der Waals surface area contributed by atoms with Crippen LogP contribution in [0.4, 0.5) is 5.13 Å². The summed E-state index contributed by atoms with van der Waals surface area (Å²) in [4.78, 5) is 23.4. The number of aromatic nitrogens is 3. The Labute approximate surface area is 147 Å². The van der Waals surface area contributed by atoms with Gasteiger partial charge in [-0.3, -0.25) is 9.89 Å². The van der Waals surface area contributed by atoms with Crippen LogP contribution in [0.1, 0.15) is 15.4 Å². The van der Waals surface area contributed by atoms with Crippen LogP contribution in [0, 0.1) is 6.92 Å². The molecule has 3 aromatic rings. The lowest BCUT2D eigenvalue weighted by Gasteiger charge is -2.34. The Balaban J connectivity index is 1.42. The van der Waals surface area contributed by atoms with Crippen LogP contribution in [0.5, 0.6) is 0 Å². The highest BCUT2D eigenvalue weighted by molar-refractivity contribution is 7.15. The molecule has 1 amide bonds. The molecule has 1 saturated heterocycles. The van der Waals surface area contributed by atoms with E-state index >= 15 is 0 Å². The number of aromatic amines is 1. The van der Waals surface area contributed by atoms with Crippen LogP contribution in [0.25, 0.3) is 10.6 Å². The molecule has 0 bridgehead atoms. The second-order valence-electron chi connectivity index (χ2n) is 5.67. The summed E-state index contributed by atoms with van der Waals surface area (Å²) < 4.78 is 0. The lowest BCUT2D eigenvalue weighted by atomic mass is 10.2. The van der Waals surface area contributed by atoms with Gasteiger partial charge >= 0.3 is 0 Å². The molecule has 124 valence electrons. The highest BCUT2D eigenvalue weighted by Crippen LogP contribution is 2.27. The Bertz CT molecular complexity index is 830. The fourth-order valence-electron chi connectivity index (χ4n) is 2.77. The molecular weight excluding hydrogens is 342 g/mol. The third kappa shape index (κ3) is 2.94. The summed E-state index contributed by atoms with van der Waals surface area (Å²) in [6.07, 6.45) is 1.81. The van der Waals surface area contributed by atoms with Gasteiger partial charge in [0.2, 0.25) is 0 Å². The minimum atomic E-state index is -0.00966. The molecule has 24 heavy (non-hydrogen) atoms. The summed E-state index contributed by atoms with van der Waals surface area (Å²) in [6.45, 7) is 5.07. The molecule has 6 nitrogen and oxygen atoms in total. The van der Waals surface area contributed by atoms with Crippen molar-refractivity contribution >= 4 is 33.7 Å². The molecule has 0 radical (unpaired) electrons. The van der Waals surface area contributed by atoms with E-state index in [-0.39, 0.29) is 5.91 Å². The number of aryl methyl sites for hydroxylation is 1. The average Bonchev–Trinajstić information content (AvgIpc) is 3.35. The zero-order chi connectivity index (χ0) is 16.5. The molecule has 8 heteroatoms. The smallest absolute Gasteiger partial charge is 0.274 e. The zero-order valence-electron chi connectivity index (χ0n) is 13.2. The summed E-state index contributed by atoms with van der Waals surface area (Å²) in [6, 6.07) is 5.97. The van der Waals surface area contributed by atoms with Gasteiger partial charge < -0.3 is 9.80 Å². The first-order valence-electron chi connectivity index (χ1n) is 7.76. The van der Waals surface area contributed by atoms with E-state index in [4.69, 9.17) is 0 Å². The van der Waals surface area contributed by atoms with Crippen molar-refractivity contribution in [2.45, 2.75) is 6.92 Å². The Morgan fingerprint density at radius 1 is 1.25 bits per heavy atom. The molecule has 0 spiro atoms. The van der Waals surface area contributed by atoms with E-state index in [0.29, 0.717) is 18.8 Å². The van der Waals surface area contributed by atoms with Crippen molar-refractivity contribution in [1.29, 1.82) is 0 Å². The summed E-state index contributed by atoms with van der Waals surface area (Å²) in [5.74, 6) is -0.00966. The first kappa shape index (κ1) is 15.3. The maximum Gasteiger partial charge on any atom is 0.274 e. The summed E-state index contributed by atoms with van der Waals surface area (Å²) in [7, 11) is 0.